The molecule has 6 heteroatoms. The maximum Gasteiger partial charge on any atom is 0.229 e. The molecule has 78 valence electrons. The Balaban J connectivity index is 2.60. The van der Waals surface area contributed by atoms with E-state index in [0.717, 1.165) is 6.07 Å². The van der Waals surface area contributed by atoms with Gasteiger partial charge < -0.3 is 10.3 Å². The van der Waals surface area contributed by atoms with Crippen LogP contribution in [0.2, 0.25) is 0 Å². The monoisotopic (exact) mass is 274 g/mol. The molecule has 0 aliphatic rings. The summed E-state index contributed by atoms with van der Waals surface area (Å²) in [7, 11) is 0. The Morgan fingerprint density at radius 2 is 2.07 bits per heavy atom. The van der Waals surface area contributed by atoms with Crippen LogP contribution in [0.4, 0.5) is 14.7 Å². The standard InChI is InChI=1S/C9H5BrF2N2O/c10-6-1-4(2-7(11)8(6)12)5-3-14-15-9(5)13/h1-3H,13H2. The molecule has 0 atom stereocenters. The minimum absolute atomic E-state index is 0.0260. The van der Waals surface area contributed by atoms with Crippen LogP contribution in [0.15, 0.2) is 27.3 Å². The predicted octanol–water partition coefficient (Wildman–Crippen LogP) is 2.96. The van der Waals surface area contributed by atoms with Gasteiger partial charge in [0, 0.05) is 0 Å². The molecule has 0 spiro atoms. The van der Waals surface area contributed by atoms with Crippen LogP contribution in [0.1, 0.15) is 0 Å². The van der Waals surface area contributed by atoms with Crippen LogP contribution in [-0.4, -0.2) is 5.16 Å². The minimum Gasteiger partial charge on any atom is -0.367 e. The Kier molecular flexibility index (Phi) is 2.44. The Bertz CT molecular complexity index is 490. The van der Waals surface area contributed by atoms with Gasteiger partial charge in [-0.15, -0.1) is 0 Å². The molecule has 1 heterocycles. The van der Waals surface area contributed by atoms with Gasteiger partial charge >= 0.3 is 0 Å². The molecule has 2 rings (SSSR count). The van der Waals surface area contributed by atoms with Crippen LogP contribution in [0, 0.1) is 11.6 Å². The Morgan fingerprint density at radius 1 is 1.33 bits per heavy atom. The number of benzene rings is 1. The van der Waals surface area contributed by atoms with E-state index in [1.807, 2.05) is 0 Å². The second-order valence-corrected chi connectivity index (χ2v) is 3.71. The maximum absolute atomic E-state index is 13.1. The number of rotatable bonds is 1. The Morgan fingerprint density at radius 3 is 2.60 bits per heavy atom. The first-order valence-electron chi connectivity index (χ1n) is 3.94. The van der Waals surface area contributed by atoms with E-state index in [-0.39, 0.29) is 10.4 Å². The van der Waals surface area contributed by atoms with Crippen molar-refractivity contribution in [2.24, 2.45) is 0 Å². The number of nitrogens with zero attached hydrogens (tertiary/aromatic N) is 1. The molecule has 2 N–H and O–H groups in total. The molecule has 0 saturated heterocycles. The maximum atomic E-state index is 13.1. The van der Waals surface area contributed by atoms with Gasteiger partial charge in [0.1, 0.15) is 0 Å². The summed E-state index contributed by atoms with van der Waals surface area (Å²) in [4.78, 5) is 0. The molecule has 0 unspecified atom stereocenters. The van der Waals surface area contributed by atoms with Crippen LogP contribution in [-0.2, 0) is 0 Å². The van der Waals surface area contributed by atoms with Gasteiger partial charge in [-0.3, -0.25) is 0 Å². The van der Waals surface area contributed by atoms with E-state index in [2.05, 4.69) is 25.6 Å². The molecular formula is C9H5BrF2N2O. The molecule has 1 aromatic heterocycles. The van der Waals surface area contributed by atoms with Crippen molar-refractivity contribution in [1.29, 1.82) is 0 Å². The van der Waals surface area contributed by atoms with Gasteiger partial charge in [-0.25, -0.2) is 8.78 Å². The van der Waals surface area contributed by atoms with Gasteiger partial charge in [0.15, 0.2) is 11.6 Å². The minimum atomic E-state index is -0.958. The largest absolute Gasteiger partial charge is 0.367 e. The average molecular weight is 275 g/mol. The summed E-state index contributed by atoms with van der Waals surface area (Å²) < 4.78 is 30.7. The fraction of sp³-hybridized carbons (Fsp3) is 0. The number of hydrogen-bond acceptors (Lipinski definition) is 3. The smallest absolute Gasteiger partial charge is 0.229 e. The summed E-state index contributed by atoms with van der Waals surface area (Å²) in [5.41, 5.74) is 6.28. The van der Waals surface area contributed by atoms with Crippen molar-refractivity contribution in [3.05, 3.63) is 34.4 Å². The molecule has 2 aromatic rings. The highest BCUT2D eigenvalue weighted by Gasteiger charge is 2.13. The van der Waals surface area contributed by atoms with Crippen LogP contribution < -0.4 is 5.73 Å². The van der Waals surface area contributed by atoms with Crippen molar-refractivity contribution in [3.8, 4) is 11.1 Å². The molecule has 3 nitrogen and oxygen atoms in total. The van der Waals surface area contributed by atoms with Crippen molar-refractivity contribution in [2.45, 2.75) is 0 Å². The highest BCUT2D eigenvalue weighted by Crippen LogP contribution is 2.30. The van der Waals surface area contributed by atoms with Crippen molar-refractivity contribution < 1.29 is 13.3 Å². The van der Waals surface area contributed by atoms with Crippen molar-refractivity contribution >= 4 is 21.8 Å². The second-order valence-electron chi connectivity index (χ2n) is 2.86. The Hall–Kier alpha value is -1.43. The molecular weight excluding hydrogens is 270 g/mol. The molecule has 1 aromatic carbocycles. The number of halogens is 3. The third kappa shape index (κ3) is 1.72. The van der Waals surface area contributed by atoms with Gasteiger partial charge in [-0.05, 0) is 33.6 Å². The third-order valence-electron chi connectivity index (χ3n) is 1.89. The van der Waals surface area contributed by atoms with Crippen molar-refractivity contribution in [1.82, 2.24) is 5.16 Å². The van der Waals surface area contributed by atoms with E-state index in [1.165, 1.54) is 12.3 Å². The van der Waals surface area contributed by atoms with Gasteiger partial charge in [-0.2, -0.15) is 0 Å². The van der Waals surface area contributed by atoms with Gasteiger partial charge in [0.2, 0.25) is 5.88 Å². The van der Waals surface area contributed by atoms with E-state index >= 15 is 0 Å². The van der Waals surface area contributed by atoms with E-state index in [0.29, 0.717) is 11.1 Å². The van der Waals surface area contributed by atoms with Crippen LogP contribution in [0.25, 0.3) is 11.1 Å². The second kappa shape index (κ2) is 3.62. The summed E-state index contributed by atoms with van der Waals surface area (Å²) in [5, 5.41) is 3.45. The highest BCUT2D eigenvalue weighted by molar-refractivity contribution is 9.10. The molecule has 15 heavy (non-hydrogen) atoms. The average Bonchev–Trinajstić information content (AvgIpc) is 2.60. The summed E-state index contributed by atoms with van der Waals surface area (Å²) >= 11 is 2.90. The molecule has 0 saturated carbocycles. The fourth-order valence-electron chi connectivity index (χ4n) is 1.18. The number of nitrogen functional groups attached to an aromatic ring is 1. The molecule has 0 amide bonds. The van der Waals surface area contributed by atoms with Crippen LogP contribution in [0.3, 0.4) is 0 Å². The topological polar surface area (TPSA) is 52.0 Å². The van der Waals surface area contributed by atoms with Crippen LogP contribution >= 0.6 is 15.9 Å². The lowest BCUT2D eigenvalue weighted by Crippen LogP contribution is -1.90. The first-order chi connectivity index (χ1) is 7.09. The Labute approximate surface area is 92.0 Å². The lowest BCUT2D eigenvalue weighted by atomic mass is 10.1. The number of anilines is 1. The first-order valence-corrected chi connectivity index (χ1v) is 4.74. The van der Waals surface area contributed by atoms with Crippen molar-refractivity contribution in [3.63, 3.8) is 0 Å². The lowest BCUT2D eigenvalue weighted by molar-refractivity contribution is 0.436. The molecule has 0 fully saturated rings. The molecule has 0 bridgehead atoms. The third-order valence-corrected chi connectivity index (χ3v) is 2.47. The summed E-state index contributed by atoms with van der Waals surface area (Å²) in [6.45, 7) is 0. The summed E-state index contributed by atoms with van der Waals surface area (Å²) in [6.07, 6.45) is 1.34. The summed E-state index contributed by atoms with van der Waals surface area (Å²) in [5.74, 6) is -1.83. The lowest BCUT2D eigenvalue weighted by Gasteiger charge is -2.01. The van der Waals surface area contributed by atoms with E-state index in [1.54, 1.807) is 0 Å². The zero-order valence-corrected chi connectivity index (χ0v) is 8.88. The van der Waals surface area contributed by atoms with E-state index < -0.39 is 11.6 Å². The summed E-state index contributed by atoms with van der Waals surface area (Å²) in [6, 6.07) is 2.43. The number of hydrogen-bond donors (Lipinski definition) is 1. The van der Waals surface area contributed by atoms with E-state index in [4.69, 9.17) is 5.73 Å². The molecule has 0 aliphatic heterocycles. The molecule has 0 radical (unpaired) electrons. The van der Waals surface area contributed by atoms with E-state index in [9.17, 15) is 8.78 Å². The quantitative estimate of drug-likeness (QED) is 0.814. The van der Waals surface area contributed by atoms with Gasteiger partial charge in [0.25, 0.3) is 0 Å². The molecule has 0 aliphatic carbocycles. The SMILES string of the molecule is Nc1oncc1-c1cc(F)c(F)c(Br)c1. The van der Waals surface area contributed by atoms with Crippen molar-refractivity contribution in [2.75, 3.05) is 5.73 Å². The normalized spacial score (nSPS) is 10.6. The van der Waals surface area contributed by atoms with Gasteiger partial charge in [-0.1, -0.05) is 5.16 Å². The van der Waals surface area contributed by atoms with Gasteiger partial charge in [0.05, 0.1) is 16.2 Å². The number of nitrogens with two attached hydrogens (primary N) is 1. The number of aromatic nitrogens is 1. The zero-order chi connectivity index (χ0) is 11.0. The van der Waals surface area contributed by atoms with Crippen LogP contribution in [0.5, 0.6) is 0 Å². The first kappa shape index (κ1) is 10.1. The fourth-order valence-corrected chi connectivity index (χ4v) is 1.61. The predicted molar refractivity (Wildman–Crippen MR) is 54.0 cm³/mol. The highest BCUT2D eigenvalue weighted by atomic mass is 79.9. The zero-order valence-electron chi connectivity index (χ0n) is 7.30.